The molecule has 10 N–H and O–H groups in total. The summed E-state index contributed by atoms with van der Waals surface area (Å²) in [5.41, 5.74) is 14.6. The highest BCUT2D eigenvalue weighted by molar-refractivity contribution is 6.15. The van der Waals surface area contributed by atoms with Gasteiger partial charge in [0.1, 0.15) is 24.5 Å². The lowest BCUT2D eigenvalue weighted by atomic mass is 9.58. The average molecular weight is 810 g/mol. The second-order valence-corrected chi connectivity index (χ2v) is 15.9. The molecule has 0 bridgehead atoms. The van der Waals surface area contributed by atoms with Crippen molar-refractivity contribution in [2.75, 3.05) is 6.61 Å². The second kappa shape index (κ2) is 20.7. The molecule has 5 rings (SSSR count). The SMILES string of the molecule is CC[C@H](C)[C@H](N)C(=O)C(NC(=O)[C@@](Cc1ccccc1)(C(=O)[C@@H](N)Cc1c[nH]cn1)[C@](O)(C(=O)COc1ccccc1)[C@H](O)[C@@H](N)CC1CCCCC1)c1ccccn1. The molecule has 14 heteroatoms. The first-order chi connectivity index (χ1) is 28.3. The van der Waals surface area contributed by atoms with E-state index in [1.165, 1.54) is 24.8 Å². The third-order valence-corrected chi connectivity index (χ3v) is 11.9. The Labute approximate surface area is 345 Å². The van der Waals surface area contributed by atoms with Gasteiger partial charge in [-0.05, 0) is 54.5 Å². The summed E-state index contributed by atoms with van der Waals surface area (Å²) in [6.45, 7) is 2.80. The zero-order valence-electron chi connectivity index (χ0n) is 33.9. The van der Waals surface area contributed by atoms with Crippen LogP contribution in [0, 0.1) is 17.3 Å². The monoisotopic (exact) mass is 809 g/mol. The fraction of sp³-hybridized carbons (Fsp3) is 0.467. The average Bonchev–Trinajstić information content (AvgIpc) is 3.79. The minimum atomic E-state index is -3.30. The Balaban J connectivity index is 1.75. The highest BCUT2D eigenvalue weighted by atomic mass is 16.5. The van der Waals surface area contributed by atoms with Gasteiger partial charge in [0.25, 0.3) is 0 Å². The maximum absolute atomic E-state index is 15.8. The van der Waals surface area contributed by atoms with Crippen LogP contribution in [-0.4, -0.2) is 84.9 Å². The number of aliphatic hydroxyl groups is 2. The molecule has 0 radical (unpaired) electrons. The molecule has 1 aliphatic carbocycles. The van der Waals surface area contributed by atoms with Crippen molar-refractivity contribution < 1.29 is 34.1 Å². The van der Waals surface area contributed by atoms with Crippen molar-refractivity contribution in [2.45, 2.75) is 108 Å². The molecule has 0 aliphatic heterocycles. The molecule has 1 saturated carbocycles. The Hall–Kier alpha value is -5.12. The maximum atomic E-state index is 15.8. The summed E-state index contributed by atoms with van der Waals surface area (Å²) < 4.78 is 5.87. The number of ketones is 3. The van der Waals surface area contributed by atoms with Crippen LogP contribution in [0.15, 0.2) is 97.6 Å². The Morgan fingerprint density at radius 1 is 0.932 bits per heavy atom. The number of carbonyl (C=O) groups excluding carboxylic acids is 4. The van der Waals surface area contributed by atoms with E-state index in [1.807, 2.05) is 6.92 Å². The number of nitrogens with one attached hydrogen (secondary N) is 2. The number of benzene rings is 2. The molecule has 2 heterocycles. The van der Waals surface area contributed by atoms with E-state index in [0.29, 0.717) is 17.7 Å². The van der Waals surface area contributed by atoms with Crippen LogP contribution in [-0.2, 0) is 32.0 Å². The van der Waals surface area contributed by atoms with E-state index in [9.17, 15) is 15.0 Å². The molecule has 1 fully saturated rings. The standard InChI is InChI=1S/C45H59N7O7/c1-3-29(2)38(48)40(54)39(36-21-13-14-22-50-36)52-43(57)44(25-31-17-9-5-10-18-31,41(55)35(47)24-32-26-49-28-51-32)45(58,37(53)27-59-33-19-11-6-12-20-33)42(56)34(46)23-30-15-7-4-8-16-30/h5-6,9-14,17-22,26,28-30,34-35,38-39,42,56,58H,3-4,7-8,15-16,23-25,27,46-48H2,1-2H3,(H,49,51)(H,52,57)/t29-,34-,35-,38-,39?,42+,44+,45-/m0/s1. The number of rotatable bonds is 22. The van der Waals surface area contributed by atoms with Crippen molar-refractivity contribution >= 4 is 23.3 Å². The van der Waals surface area contributed by atoms with Gasteiger partial charge in [-0.3, -0.25) is 24.2 Å². The number of pyridine rings is 1. The number of nitrogens with zero attached hydrogens (tertiary/aromatic N) is 2. The molecule has 2 aromatic carbocycles. The van der Waals surface area contributed by atoms with Gasteiger partial charge in [0, 0.05) is 24.9 Å². The van der Waals surface area contributed by atoms with Crippen LogP contribution in [0.2, 0.25) is 0 Å². The number of nitrogens with two attached hydrogens (primary N) is 3. The predicted molar refractivity (Wildman–Crippen MR) is 222 cm³/mol. The summed E-state index contributed by atoms with van der Waals surface area (Å²) in [5.74, 6) is -4.19. The topological polar surface area (TPSA) is 250 Å². The molecule has 0 saturated heterocycles. The van der Waals surface area contributed by atoms with Gasteiger partial charge in [-0.25, -0.2) is 4.98 Å². The van der Waals surface area contributed by atoms with E-state index in [-0.39, 0.29) is 36.1 Å². The van der Waals surface area contributed by atoms with Crippen LogP contribution < -0.4 is 27.3 Å². The maximum Gasteiger partial charge on any atom is 0.238 e. The highest BCUT2D eigenvalue weighted by Crippen LogP contribution is 2.44. The van der Waals surface area contributed by atoms with Crippen molar-refractivity contribution in [2.24, 2.45) is 34.5 Å². The third kappa shape index (κ3) is 10.4. The summed E-state index contributed by atoms with van der Waals surface area (Å²) in [6.07, 6.45) is 6.59. The van der Waals surface area contributed by atoms with Gasteiger partial charge in [-0.2, -0.15) is 0 Å². The van der Waals surface area contributed by atoms with Gasteiger partial charge in [-0.15, -0.1) is 0 Å². The quantitative estimate of drug-likeness (QED) is 0.0565. The van der Waals surface area contributed by atoms with Crippen LogP contribution in [0.3, 0.4) is 0 Å². The van der Waals surface area contributed by atoms with E-state index in [1.54, 1.807) is 79.7 Å². The molecule has 1 unspecified atom stereocenters. The molecular formula is C45H59N7O7. The fourth-order valence-electron chi connectivity index (χ4n) is 8.21. The number of amides is 1. The molecular weight excluding hydrogens is 751 g/mol. The molecule has 1 aliphatic rings. The summed E-state index contributed by atoms with van der Waals surface area (Å²) >= 11 is 0. The summed E-state index contributed by atoms with van der Waals surface area (Å²) in [7, 11) is 0. The second-order valence-electron chi connectivity index (χ2n) is 15.9. The number of carbonyl (C=O) groups is 4. The molecule has 8 atom stereocenters. The van der Waals surface area contributed by atoms with E-state index < -0.39 is 77.6 Å². The van der Waals surface area contributed by atoms with Crippen molar-refractivity contribution in [1.29, 1.82) is 0 Å². The lowest BCUT2D eigenvalue weighted by molar-refractivity contribution is -0.194. The zero-order chi connectivity index (χ0) is 42.6. The van der Waals surface area contributed by atoms with Crippen LogP contribution in [0.4, 0.5) is 0 Å². The summed E-state index contributed by atoms with van der Waals surface area (Å²) in [4.78, 5) is 72.3. The number of hydrogen-bond donors (Lipinski definition) is 7. The van der Waals surface area contributed by atoms with Crippen LogP contribution in [0.1, 0.15) is 81.8 Å². The van der Waals surface area contributed by atoms with Crippen LogP contribution >= 0.6 is 0 Å². The number of para-hydroxylation sites is 1. The number of aromatic nitrogens is 3. The first kappa shape index (κ1) is 45.0. The van der Waals surface area contributed by atoms with Gasteiger partial charge in [0.05, 0.1) is 29.8 Å². The van der Waals surface area contributed by atoms with Crippen molar-refractivity contribution in [3.8, 4) is 5.75 Å². The van der Waals surface area contributed by atoms with Gasteiger partial charge >= 0.3 is 0 Å². The Morgan fingerprint density at radius 3 is 2.20 bits per heavy atom. The number of aromatic amines is 1. The summed E-state index contributed by atoms with van der Waals surface area (Å²) in [5, 5.41) is 28.8. The van der Waals surface area contributed by atoms with E-state index >= 15 is 14.4 Å². The van der Waals surface area contributed by atoms with Crippen LogP contribution in [0.25, 0.3) is 0 Å². The number of imidazole rings is 1. The number of hydrogen-bond acceptors (Lipinski definition) is 12. The number of H-pyrrole nitrogens is 1. The van der Waals surface area contributed by atoms with Crippen molar-refractivity contribution in [1.82, 2.24) is 20.3 Å². The Morgan fingerprint density at radius 2 is 1.59 bits per heavy atom. The largest absolute Gasteiger partial charge is 0.486 e. The van der Waals surface area contributed by atoms with Gasteiger partial charge in [0.2, 0.25) is 11.7 Å². The number of aliphatic hydroxyl groups excluding tert-OH is 1. The number of Topliss-reactive ketones (excluding diaryl/α,β-unsaturated/α-hetero) is 3. The number of ether oxygens (including phenoxy) is 1. The predicted octanol–water partition coefficient (Wildman–Crippen LogP) is 3.31. The van der Waals surface area contributed by atoms with E-state index in [2.05, 4.69) is 20.3 Å². The molecule has 0 spiro atoms. The Bertz CT molecular complexity index is 1950. The first-order valence-corrected chi connectivity index (χ1v) is 20.5. The zero-order valence-corrected chi connectivity index (χ0v) is 33.9. The fourth-order valence-corrected chi connectivity index (χ4v) is 8.21. The lowest BCUT2D eigenvalue weighted by Crippen LogP contribution is -2.75. The van der Waals surface area contributed by atoms with Crippen molar-refractivity contribution in [3.63, 3.8) is 0 Å². The first-order valence-electron chi connectivity index (χ1n) is 20.5. The van der Waals surface area contributed by atoms with E-state index in [4.69, 9.17) is 21.9 Å². The van der Waals surface area contributed by atoms with Gasteiger partial charge in [0.15, 0.2) is 22.6 Å². The van der Waals surface area contributed by atoms with Gasteiger partial charge in [-0.1, -0.05) is 107 Å². The minimum Gasteiger partial charge on any atom is -0.486 e. The molecule has 2 aromatic heterocycles. The Kier molecular flexibility index (Phi) is 15.8. The molecule has 4 aromatic rings. The molecule has 316 valence electrons. The lowest BCUT2D eigenvalue weighted by Gasteiger charge is -2.49. The smallest absolute Gasteiger partial charge is 0.238 e. The van der Waals surface area contributed by atoms with Crippen LogP contribution in [0.5, 0.6) is 5.75 Å². The normalized spacial score (nSPS) is 18.5. The summed E-state index contributed by atoms with van der Waals surface area (Å²) in [6, 6.07) is 15.9. The van der Waals surface area contributed by atoms with Gasteiger partial charge < -0.3 is 42.5 Å². The third-order valence-electron chi connectivity index (χ3n) is 11.9. The highest BCUT2D eigenvalue weighted by Gasteiger charge is 2.69. The molecule has 59 heavy (non-hydrogen) atoms. The van der Waals surface area contributed by atoms with E-state index in [0.717, 1.165) is 32.1 Å². The minimum absolute atomic E-state index is 0.0523. The van der Waals surface area contributed by atoms with Crippen molar-refractivity contribution in [3.05, 3.63) is 115 Å². The molecule has 1 amide bonds. The molecule has 14 nitrogen and oxygen atoms in total.